The summed E-state index contributed by atoms with van der Waals surface area (Å²) in [6.07, 6.45) is 2.81. The third-order valence-electron chi connectivity index (χ3n) is 4.20. The van der Waals surface area contributed by atoms with Gasteiger partial charge in [-0.3, -0.25) is 14.6 Å². The molecule has 0 aliphatic heterocycles. The zero-order valence-electron chi connectivity index (χ0n) is 14.7. The SMILES string of the molecule is Cc1cc(C(NC(=O)c2ccc(=O)n(C)c2)c2ncccc2F)ccc1F. The molecule has 1 atom stereocenters. The highest BCUT2D eigenvalue weighted by Crippen LogP contribution is 2.25. The molecule has 0 saturated heterocycles. The molecule has 0 aliphatic rings. The highest BCUT2D eigenvalue weighted by molar-refractivity contribution is 5.94. The number of nitrogens with zero attached hydrogens (tertiary/aromatic N) is 2. The van der Waals surface area contributed by atoms with Crippen LogP contribution >= 0.6 is 0 Å². The number of hydrogen-bond acceptors (Lipinski definition) is 3. The number of aryl methyl sites for hydroxylation is 2. The van der Waals surface area contributed by atoms with E-state index in [2.05, 4.69) is 10.3 Å². The summed E-state index contributed by atoms with van der Waals surface area (Å²) in [5, 5.41) is 2.72. The molecule has 1 N–H and O–H groups in total. The topological polar surface area (TPSA) is 64.0 Å². The Balaban J connectivity index is 2.03. The smallest absolute Gasteiger partial charge is 0.253 e. The number of rotatable bonds is 4. The molecule has 2 aromatic heterocycles. The fourth-order valence-electron chi connectivity index (χ4n) is 2.71. The summed E-state index contributed by atoms with van der Waals surface area (Å²) < 4.78 is 29.3. The van der Waals surface area contributed by atoms with Crippen molar-refractivity contribution in [2.24, 2.45) is 7.05 Å². The second kappa shape index (κ2) is 7.49. The molecule has 1 unspecified atom stereocenters. The Morgan fingerprint density at radius 3 is 2.59 bits per heavy atom. The van der Waals surface area contributed by atoms with Gasteiger partial charge in [0, 0.05) is 25.5 Å². The van der Waals surface area contributed by atoms with Gasteiger partial charge >= 0.3 is 0 Å². The Labute approximate surface area is 154 Å². The van der Waals surface area contributed by atoms with Crippen LogP contribution in [0.2, 0.25) is 0 Å². The van der Waals surface area contributed by atoms with Crippen LogP contribution in [0.25, 0.3) is 0 Å². The number of benzene rings is 1. The van der Waals surface area contributed by atoms with Crippen molar-refractivity contribution in [3.05, 3.63) is 99.2 Å². The molecule has 1 aromatic carbocycles. The average Bonchev–Trinajstić information content (AvgIpc) is 2.65. The van der Waals surface area contributed by atoms with E-state index in [0.29, 0.717) is 11.1 Å². The van der Waals surface area contributed by atoms with Crippen LogP contribution < -0.4 is 10.9 Å². The monoisotopic (exact) mass is 369 g/mol. The van der Waals surface area contributed by atoms with Gasteiger partial charge < -0.3 is 9.88 Å². The van der Waals surface area contributed by atoms with Gasteiger partial charge in [-0.2, -0.15) is 0 Å². The highest BCUT2D eigenvalue weighted by Gasteiger charge is 2.23. The maximum Gasteiger partial charge on any atom is 0.253 e. The van der Waals surface area contributed by atoms with Gasteiger partial charge in [-0.25, -0.2) is 8.78 Å². The molecule has 0 bridgehead atoms. The molecule has 0 aliphatic carbocycles. The molecule has 138 valence electrons. The fraction of sp³-hybridized carbons (Fsp3) is 0.150. The molecule has 5 nitrogen and oxygen atoms in total. The molecule has 0 spiro atoms. The van der Waals surface area contributed by atoms with Crippen LogP contribution in [0, 0.1) is 18.6 Å². The number of carbonyl (C=O) groups excluding carboxylic acids is 1. The minimum absolute atomic E-state index is 0.0154. The summed E-state index contributed by atoms with van der Waals surface area (Å²) >= 11 is 0. The van der Waals surface area contributed by atoms with Crippen LogP contribution in [-0.2, 0) is 7.05 Å². The molecule has 27 heavy (non-hydrogen) atoms. The molecule has 3 aromatic rings. The van der Waals surface area contributed by atoms with Gasteiger partial charge in [0.25, 0.3) is 5.91 Å². The van der Waals surface area contributed by atoms with Crippen molar-refractivity contribution < 1.29 is 13.6 Å². The molecule has 0 radical (unpaired) electrons. The van der Waals surface area contributed by atoms with Gasteiger partial charge in [0.1, 0.15) is 17.3 Å². The van der Waals surface area contributed by atoms with Crippen LogP contribution in [0.3, 0.4) is 0 Å². The lowest BCUT2D eigenvalue weighted by Gasteiger charge is -2.20. The van der Waals surface area contributed by atoms with Crippen molar-refractivity contribution in [1.82, 2.24) is 14.9 Å². The summed E-state index contributed by atoms with van der Waals surface area (Å²) in [6, 6.07) is 8.70. The third kappa shape index (κ3) is 3.92. The van der Waals surface area contributed by atoms with E-state index in [0.717, 1.165) is 0 Å². The highest BCUT2D eigenvalue weighted by atomic mass is 19.1. The van der Waals surface area contributed by atoms with E-state index < -0.39 is 23.6 Å². The standard InChI is InChI=1S/C20H17F2N3O2/c1-12-10-13(5-7-15(12)21)18(19-16(22)4-3-9-23-19)24-20(27)14-6-8-17(26)25(2)11-14/h3-11,18H,1-2H3,(H,24,27). The van der Waals surface area contributed by atoms with Crippen LogP contribution in [0.4, 0.5) is 8.78 Å². The molecule has 2 heterocycles. The maximum absolute atomic E-state index is 14.3. The number of nitrogens with one attached hydrogen (secondary N) is 1. The lowest BCUT2D eigenvalue weighted by Crippen LogP contribution is -2.31. The predicted molar refractivity (Wildman–Crippen MR) is 96.3 cm³/mol. The van der Waals surface area contributed by atoms with Crippen molar-refractivity contribution in [3.63, 3.8) is 0 Å². The third-order valence-corrected chi connectivity index (χ3v) is 4.20. The average molecular weight is 369 g/mol. The molecular weight excluding hydrogens is 352 g/mol. The van der Waals surface area contributed by atoms with Gasteiger partial charge in [0.15, 0.2) is 0 Å². The zero-order chi connectivity index (χ0) is 19.6. The largest absolute Gasteiger partial charge is 0.339 e. The van der Waals surface area contributed by atoms with Gasteiger partial charge in [-0.1, -0.05) is 12.1 Å². The number of hydrogen-bond donors (Lipinski definition) is 1. The van der Waals surface area contributed by atoms with E-state index in [9.17, 15) is 18.4 Å². The first-order valence-electron chi connectivity index (χ1n) is 8.21. The Morgan fingerprint density at radius 1 is 1.15 bits per heavy atom. The Morgan fingerprint density at radius 2 is 1.93 bits per heavy atom. The fourth-order valence-corrected chi connectivity index (χ4v) is 2.71. The molecule has 3 rings (SSSR count). The lowest BCUT2D eigenvalue weighted by molar-refractivity contribution is 0.0941. The molecule has 0 fully saturated rings. The quantitative estimate of drug-likeness (QED) is 0.769. The van der Waals surface area contributed by atoms with Gasteiger partial charge in [0.2, 0.25) is 5.56 Å². The van der Waals surface area contributed by atoms with Crippen LogP contribution in [0.5, 0.6) is 0 Å². The van der Waals surface area contributed by atoms with Crippen LogP contribution in [0.15, 0.2) is 59.7 Å². The number of amides is 1. The van der Waals surface area contributed by atoms with Crippen molar-refractivity contribution in [2.45, 2.75) is 13.0 Å². The first-order valence-corrected chi connectivity index (χ1v) is 8.21. The van der Waals surface area contributed by atoms with E-state index >= 15 is 0 Å². The lowest BCUT2D eigenvalue weighted by atomic mass is 10.00. The van der Waals surface area contributed by atoms with Gasteiger partial charge in [0.05, 0.1) is 11.6 Å². The summed E-state index contributed by atoms with van der Waals surface area (Å²) in [7, 11) is 1.53. The van der Waals surface area contributed by atoms with E-state index in [-0.39, 0.29) is 16.8 Å². The first kappa shape index (κ1) is 18.4. The van der Waals surface area contributed by atoms with E-state index in [1.165, 1.54) is 66.5 Å². The second-order valence-electron chi connectivity index (χ2n) is 6.15. The van der Waals surface area contributed by atoms with Crippen molar-refractivity contribution in [2.75, 3.05) is 0 Å². The van der Waals surface area contributed by atoms with Crippen LogP contribution in [0.1, 0.15) is 33.2 Å². The summed E-state index contributed by atoms with van der Waals surface area (Å²) in [4.78, 5) is 28.2. The number of carbonyl (C=O) groups is 1. The number of pyridine rings is 2. The Kier molecular flexibility index (Phi) is 5.12. The Bertz CT molecular complexity index is 1060. The minimum atomic E-state index is -0.921. The first-order chi connectivity index (χ1) is 12.9. The van der Waals surface area contributed by atoms with Crippen molar-refractivity contribution in [1.29, 1.82) is 0 Å². The number of halogens is 2. The molecule has 0 saturated carbocycles. The molecule has 1 amide bonds. The maximum atomic E-state index is 14.3. The summed E-state index contributed by atoms with van der Waals surface area (Å²) in [6.45, 7) is 1.58. The van der Waals surface area contributed by atoms with Crippen LogP contribution in [-0.4, -0.2) is 15.5 Å². The summed E-state index contributed by atoms with van der Waals surface area (Å²) in [5.41, 5.74) is 0.849. The van der Waals surface area contributed by atoms with Crippen molar-refractivity contribution in [3.8, 4) is 0 Å². The normalized spacial score (nSPS) is 11.9. The van der Waals surface area contributed by atoms with Gasteiger partial charge in [-0.15, -0.1) is 0 Å². The zero-order valence-corrected chi connectivity index (χ0v) is 14.7. The molecule has 7 heteroatoms. The van der Waals surface area contributed by atoms with E-state index in [1.807, 2.05) is 0 Å². The van der Waals surface area contributed by atoms with E-state index in [1.54, 1.807) is 6.92 Å². The second-order valence-corrected chi connectivity index (χ2v) is 6.15. The minimum Gasteiger partial charge on any atom is -0.339 e. The predicted octanol–water partition coefficient (Wildman–Crippen LogP) is 2.89. The summed E-state index contributed by atoms with van der Waals surface area (Å²) in [5.74, 6) is -1.50. The van der Waals surface area contributed by atoms with Gasteiger partial charge in [-0.05, 0) is 42.3 Å². The van der Waals surface area contributed by atoms with E-state index in [4.69, 9.17) is 0 Å². The van der Waals surface area contributed by atoms with Crippen molar-refractivity contribution >= 4 is 5.91 Å². The Hall–Kier alpha value is -3.35. The number of aromatic nitrogens is 2. The molecular formula is C20H17F2N3O2.